The average Bonchev–Trinajstić information content (AvgIpc) is 2.92. The number of hydrogen-bond donors (Lipinski definition) is 2. The van der Waals surface area contributed by atoms with Crippen molar-refractivity contribution in [2.45, 2.75) is 39.9 Å². The third kappa shape index (κ3) is 5.81. The fourth-order valence-electron chi connectivity index (χ4n) is 4.79. The Hall–Kier alpha value is -3.75. The molecule has 37 heavy (non-hydrogen) atoms. The van der Waals surface area contributed by atoms with Gasteiger partial charge in [-0.3, -0.25) is 10.6 Å². The van der Waals surface area contributed by atoms with Gasteiger partial charge in [0.05, 0.1) is 23.6 Å². The molecule has 2 aromatic carbocycles. The third-order valence-electron chi connectivity index (χ3n) is 6.72. The standard InChI is InChI=1S/C29H36N6O2/c1-6-34(7-2)29(36)23-10-8-22(9-11-23)24-12-13-26(33-30)25(14-24)21(5)27-15-28(32-18-31-27)35-16-19(3)37-20(4)17-35/h8-15,18-20,33H,5-7,16-17,30H2,1-4H3/t19-,20+. The molecule has 3 aromatic rings. The molecule has 1 saturated heterocycles. The fraction of sp³-hybridized carbons (Fsp3) is 0.345. The second-order valence-corrected chi connectivity index (χ2v) is 9.36. The minimum atomic E-state index is 0.0388. The Balaban J connectivity index is 1.62. The van der Waals surface area contributed by atoms with Crippen molar-refractivity contribution in [1.29, 1.82) is 0 Å². The van der Waals surface area contributed by atoms with Crippen LogP contribution in [0.2, 0.25) is 0 Å². The van der Waals surface area contributed by atoms with Gasteiger partial charge in [-0.05, 0) is 63.1 Å². The summed E-state index contributed by atoms with van der Waals surface area (Å²) in [6.07, 6.45) is 1.83. The summed E-state index contributed by atoms with van der Waals surface area (Å²) in [5.41, 5.74) is 8.50. The average molecular weight is 501 g/mol. The summed E-state index contributed by atoms with van der Waals surface area (Å²) in [7, 11) is 0. The summed E-state index contributed by atoms with van der Waals surface area (Å²) < 4.78 is 5.87. The van der Waals surface area contributed by atoms with Crippen LogP contribution in [0.15, 0.2) is 61.4 Å². The van der Waals surface area contributed by atoms with Crippen LogP contribution in [0.25, 0.3) is 16.7 Å². The predicted molar refractivity (Wildman–Crippen MR) is 149 cm³/mol. The number of nitrogens with one attached hydrogen (secondary N) is 1. The lowest BCUT2D eigenvalue weighted by Gasteiger charge is -2.36. The maximum absolute atomic E-state index is 12.7. The zero-order chi connectivity index (χ0) is 26.5. The smallest absolute Gasteiger partial charge is 0.253 e. The van der Waals surface area contributed by atoms with E-state index in [2.05, 4.69) is 40.7 Å². The van der Waals surface area contributed by atoms with Gasteiger partial charge in [-0.25, -0.2) is 9.97 Å². The van der Waals surface area contributed by atoms with Gasteiger partial charge in [0.2, 0.25) is 0 Å². The van der Waals surface area contributed by atoms with E-state index in [4.69, 9.17) is 10.6 Å². The van der Waals surface area contributed by atoms with Crippen LogP contribution in [0.5, 0.6) is 0 Å². The lowest BCUT2D eigenvalue weighted by atomic mass is 9.96. The number of rotatable bonds is 8. The van der Waals surface area contributed by atoms with E-state index in [-0.39, 0.29) is 18.1 Å². The molecule has 0 bridgehead atoms. The number of hydrogen-bond acceptors (Lipinski definition) is 7. The van der Waals surface area contributed by atoms with E-state index in [0.717, 1.165) is 52.6 Å². The van der Waals surface area contributed by atoms with E-state index in [9.17, 15) is 4.79 Å². The molecule has 4 rings (SSSR count). The van der Waals surface area contributed by atoms with Gasteiger partial charge in [0, 0.05) is 48.9 Å². The number of hydrazine groups is 1. The molecule has 0 spiro atoms. The highest BCUT2D eigenvalue weighted by Gasteiger charge is 2.24. The van der Waals surface area contributed by atoms with E-state index in [1.165, 1.54) is 0 Å². The number of nitrogens with zero attached hydrogens (tertiary/aromatic N) is 4. The zero-order valence-electron chi connectivity index (χ0n) is 22.1. The van der Waals surface area contributed by atoms with Crippen LogP contribution in [0, 0.1) is 0 Å². The van der Waals surface area contributed by atoms with Crippen molar-refractivity contribution in [2.24, 2.45) is 5.84 Å². The number of carbonyl (C=O) groups excluding carboxylic acids is 1. The molecule has 1 aliphatic rings. The summed E-state index contributed by atoms with van der Waals surface area (Å²) in [5.74, 6) is 6.74. The van der Waals surface area contributed by atoms with Crippen molar-refractivity contribution >= 4 is 23.0 Å². The number of anilines is 2. The number of nitrogen functional groups attached to an aromatic ring is 1. The van der Waals surface area contributed by atoms with Gasteiger partial charge in [-0.15, -0.1) is 0 Å². The zero-order valence-corrected chi connectivity index (χ0v) is 22.1. The molecule has 0 saturated carbocycles. The maximum Gasteiger partial charge on any atom is 0.253 e. The van der Waals surface area contributed by atoms with E-state index in [1.807, 2.05) is 67.3 Å². The van der Waals surface area contributed by atoms with Gasteiger partial charge in [0.15, 0.2) is 0 Å². The molecule has 2 heterocycles. The first-order valence-electron chi connectivity index (χ1n) is 12.8. The van der Waals surface area contributed by atoms with Crippen LogP contribution in [0.1, 0.15) is 49.3 Å². The number of morpholine rings is 1. The van der Waals surface area contributed by atoms with Crippen molar-refractivity contribution in [3.05, 3.63) is 78.3 Å². The number of carbonyl (C=O) groups is 1. The molecule has 194 valence electrons. The minimum absolute atomic E-state index is 0.0388. The van der Waals surface area contributed by atoms with Gasteiger partial charge in [0.1, 0.15) is 12.1 Å². The van der Waals surface area contributed by atoms with Crippen molar-refractivity contribution in [1.82, 2.24) is 14.9 Å². The molecule has 1 fully saturated rings. The lowest BCUT2D eigenvalue weighted by Crippen LogP contribution is -2.45. The summed E-state index contributed by atoms with van der Waals surface area (Å²) in [6.45, 7) is 15.4. The van der Waals surface area contributed by atoms with Crippen LogP contribution < -0.4 is 16.2 Å². The second-order valence-electron chi connectivity index (χ2n) is 9.36. The first kappa shape index (κ1) is 26.3. The molecular formula is C29H36N6O2. The molecule has 3 N–H and O–H groups in total. The number of ether oxygens (including phenoxy) is 1. The van der Waals surface area contributed by atoms with Gasteiger partial charge in [0.25, 0.3) is 5.91 Å². The molecule has 0 aliphatic carbocycles. The molecule has 0 unspecified atom stereocenters. The van der Waals surface area contributed by atoms with Gasteiger partial charge < -0.3 is 20.0 Å². The Bertz CT molecular complexity index is 1250. The van der Waals surface area contributed by atoms with Crippen LogP contribution >= 0.6 is 0 Å². The van der Waals surface area contributed by atoms with Gasteiger partial charge >= 0.3 is 0 Å². The normalized spacial score (nSPS) is 17.4. The van der Waals surface area contributed by atoms with Crippen LogP contribution in [-0.2, 0) is 4.74 Å². The second kappa shape index (κ2) is 11.5. The Kier molecular flexibility index (Phi) is 8.21. The Morgan fingerprint density at radius 1 is 1.05 bits per heavy atom. The topological polar surface area (TPSA) is 96.6 Å². The molecule has 1 amide bonds. The Morgan fingerprint density at radius 2 is 1.70 bits per heavy atom. The third-order valence-corrected chi connectivity index (χ3v) is 6.72. The van der Waals surface area contributed by atoms with Gasteiger partial charge in [-0.2, -0.15) is 0 Å². The summed E-state index contributed by atoms with van der Waals surface area (Å²) in [5, 5.41) is 0. The monoisotopic (exact) mass is 500 g/mol. The van der Waals surface area contributed by atoms with E-state index < -0.39 is 0 Å². The van der Waals surface area contributed by atoms with Crippen molar-refractivity contribution < 1.29 is 9.53 Å². The molecule has 1 aromatic heterocycles. The highest BCUT2D eigenvalue weighted by atomic mass is 16.5. The maximum atomic E-state index is 12.7. The van der Waals surface area contributed by atoms with Crippen molar-refractivity contribution in [2.75, 3.05) is 36.5 Å². The quantitative estimate of drug-likeness (QED) is 0.345. The largest absolute Gasteiger partial charge is 0.372 e. The number of aromatic nitrogens is 2. The van der Waals surface area contributed by atoms with Crippen LogP contribution in [0.3, 0.4) is 0 Å². The highest BCUT2D eigenvalue weighted by molar-refractivity contribution is 5.95. The Labute approximate surface area is 219 Å². The van der Waals surface area contributed by atoms with E-state index in [0.29, 0.717) is 18.7 Å². The van der Waals surface area contributed by atoms with E-state index >= 15 is 0 Å². The summed E-state index contributed by atoms with van der Waals surface area (Å²) >= 11 is 0. The van der Waals surface area contributed by atoms with Crippen molar-refractivity contribution in [3.63, 3.8) is 0 Å². The molecule has 8 heteroatoms. The first-order valence-corrected chi connectivity index (χ1v) is 12.8. The fourth-order valence-corrected chi connectivity index (χ4v) is 4.79. The van der Waals surface area contributed by atoms with E-state index in [1.54, 1.807) is 6.33 Å². The summed E-state index contributed by atoms with van der Waals surface area (Å²) in [6, 6.07) is 15.6. The predicted octanol–water partition coefficient (Wildman–Crippen LogP) is 4.59. The van der Waals surface area contributed by atoms with Gasteiger partial charge in [-0.1, -0.05) is 24.8 Å². The molecule has 2 atom stereocenters. The SMILES string of the molecule is C=C(c1cc(N2C[C@@H](C)O[C@@H](C)C2)ncn1)c1cc(-c2ccc(C(=O)N(CC)CC)cc2)ccc1NN. The highest BCUT2D eigenvalue weighted by Crippen LogP contribution is 2.33. The number of nitrogens with two attached hydrogens (primary N) is 1. The Morgan fingerprint density at radius 3 is 2.32 bits per heavy atom. The molecule has 1 aliphatic heterocycles. The first-order chi connectivity index (χ1) is 17.8. The number of benzene rings is 2. The number of amides is 1. The lowest BCUT2D eigenvalue weighted by molar-refractivity contribution is -0.00547. The molecule has 8 nitrogen and oxygen atoms in total. The van der Waals surface area contributed by atoms with Crippen molar-refractivity contribution in [3.8, 4) is 11.1 Å². The van der Waals surface area contributed by atoms with Crippen LogP contribution in [-0.4, -0.2) is 59.2 Å². The molecular weight excluding hydrogens is 464 g/mol. The molecule has 0 radical (unpaired) electrons. The van der Waals surface area contributed by atoms with Crippen LogP contribution in [0.4, 0.5) is 11.5 Å². The summed E-state index contributed by atoms with van der Waals surface area (Å²) in [4.78, 5) is 25.7. The minimum Gasteiger partial charge on any atom is -0.372 e.